The molecular weight excluding hydrogens is 488 g/mol. The third-order valence-corrected chi connectivity index (χ3v) is 6.79. The van der Waals surface area contributed by atoms with Gasteiger partial charge in [0, 0.05) is 16.6 Å². The van der Waals surface area contributed by atoms with Crippen molar-refractivity contribution in [3.63, 3.8) is 0 Å². The number of fused-ring (bicyclic) bond motifs is 3. The number of carbonyl (C=O) groups excluding carboxylic acids is 1. The molecule has 9 heteroatoms. The van der Waals surface area contributed by atoms with Gasteiger partial charge < -0.3 is 19.8 Å². The molecule has 1 amide bonds. The zero-order chi connectivity index (χ0) is 25.9. The number of hydrogen-bond donors (Lipinski definition) is 2. The molecule has 2 heterocycles. The topological polar surface area (TPSA) is 98.2 Å². The number of anilines is 1. The summed E-state index contributed by atoms with van der Waals surface area (Å²) in [5.41, 5.74) is 3.70. The van der Waals surface area contributed by atoms with Gasteiger partial charge in [-0.25, -0.2) is 9.55 Å². The molecule has 5 aromatic rings. The van der Waals surface area contributed by atoms with E-state index in [4.69, 9.17) is 14.5 Å². The highest BCUT2D eigenvalue weighted by molar-refractivity contribution is 7.99. The molecule has 0 saturated heterocycles. The maximum absolute atomic E-state index is 13.8. The van der Waals surface area contributed by atoms with Crippen LogP contribution in [0.3, 0.4) is 0 Å². The molecular formula is C28H26N4O4S. The lowest BCUT2D eigenvalue weighted by Gasteiger charge is -2.15. The zero-order valence-corrected chi connectivity index (χ0v) is 21.5. The minimum absolute atomic E-state index is 0.0572. The van der Waals surface area contributed by atoms with Gasteiger partial charge in [-0.15, -0.1) is 0 Å². The Hall–Kier alpha value is -4.24. The van der Waals surface area contributed by atoms with Crippen molar-refractivity contribution in [2.75, 3.05) is 24.8 Å². The monoisotopic (exact) mass is 514 g/mol. The van der Waals surface area contributed by atoms with Crippen LogP contribution in [0, 0.1) is 6.92 Å². The van der Waals surface area contributed by atoms with E-state index in [1.165, 1.54) is 16.3 Å². The maximum atomic E-state index is 13.8. The number of aromatic nitrogens is 3. The molecule has 0 aliphatic carbocycles. The Labute approximate surface area is 217 Å². The number of benzene rings is 3. The zero-order valence-electron chi connectivity index (χ0n) is 20.7. The number of rotatable bonds is 8. The lowest BCUT2D eigenvalue weighted by atomic mass is 10.2. The molecule has 0 fully saturated rings. The van der Waals surface area contributed by atoms with E-state index in [-0.39, 0.29) is 17.2 Å². The predicted molar refractivity (Wildman–Crippen MR) is 147 cm³/mol. The number of methoxy groups -OCH3 is 1. The van der Waals surface area contributed by atoms with Crippen LogP contribution in [0.15, 0.2) is 76.7 Å². The molecule has 0 unspecified atom stereocenters. The van der Waals surface area contributed by atoms with Crippen LogP contribution >= 0.6 is 11.8 Å². The van der Waals surface area contributed by atoms with E-state index >= 15 is 0 Å². The highest BCUT2D eigenvalue weighted by Crippen LogP contribution is 2.30. The average Bonchev–Trinajstić information content (AvgIpc) is 3.28. The van der Waals surface area contributed by atoms with Crippen LogP contribution in [0.1, 0.15) is 12.5 Å². The number of thioether (sulfide) groups is 1. The van der Waals surface area contributed by atoms with Gasteiger partial charge in [0.05, 0.1) is 25.2 Å². The van der Waals surface area contributed by atoms with Gasteiger partial charge in [-0.2, -0.15) is 0 Å². The van der Waals surface area contributed by atoms with Gasteiger partial charge in [0.1, 0.15) is 22.5 Å². The van der Waals surface area contributed by atoms with Crippen molar-refractivity contribution in [1.82, 2.24) is 14.5 Å². The summed E-state index contributed by atoms with van der Waals surface area (Å²) in [4.78, 5) is 34.7. The van der Waals surface area contributed by atoms with Crippen LogP contribution in [0.5, 0.6) is 11.5 Å². The number of hydrogen-bond acceptors (Lipinski definition) is 6. The Kier molecular flexibility index (Phi) is 6.87. The fourth-order valence-electron chi connectivity index (χ4n) is 4.15. The van der Waals surface area contributed by atoms with Gasteiger partial charge in [0.25, 0.3) is 5.56 Å². The summed E-state index contributed by atoms with van der Waals surface area (Å²) in [5, 5.41) is 4.13. The van der Waals surface area contributed by atoms with Gasteiger partial charge in [-0.05, 0) is 61.9 Å². The van der Waals surface area contributed by atoms with Gasteiger partial charge in [0.15, 0.2) is 5.16 Å². The number of nitrogens with zero attached hydrogens (tertiary/aromatic N) is 2. The average molecular weight is 515 g/mol. The highest BCUT2D eigenvalue weighted by atomic mass is 32.2. The molecule has 188 valence electrons. The number of carbonyl (C=O) groups is 1. The molecule has 0 aliphatic rings. The number of ether oxygens (including phenoxy) is 2. The molecule has 2 N–H and O–H groups in total. The number of H-pyrrole nitrogens is 1. The standard InChI is InChI=1S/C28H26N4O4S/c1-4-36-19-12-10-18(11-13-19)29-24(33)16-37-28-31-25-20-7-5-6-8-21(20)30-26(25)27(34)32(28)22-15-17(2)9-14-23(22)35-3/h5-15,30H,4,16H2,1-3H3,(H,29,33). The summed E-state index contributed by atoms with van der Waals surface area (Å²) in [6.45, 7) is 4.43. The van der Waals surface area contributed by atoms with Crippen LogP contribution in [-0.4, -0.2) is 39.9 Å². The number of amides is 1. The Bertz CT molecular complexity index is 1660. The predicted octanol–water partition coefficient (Wildman–Crippen LogP) is 5.31. The number of aryl methyl sites for hydroxylation is 1. The Morgan fingerprint density at radius 2 is 1.89 bits per heavy atom. The first-order chi connectivity index (χ1) is 18.0. The number of para-hydroxylation sites is 1. The van der Waals surface area contributed by atoms with E-state index in [1.807, 2.05) is 56.3 Å². The fourth-order valence-corrected chi connectivity index (χ4v) is 4.95. The van der Waals surface area contributed by atoms with Crippen LogP contribution in [-0.2, 0) is 4.79 Å². The van der Waals surface area contributed by atoms with Crippen molar-refractivity contribution < 1.29 is 14.3 Å². The summed E-state index contributed by atoms with van der Waals surface area (Å²) in [7, 11) is 1.56. The first-order valence-electron chi connectivity index (χ1n) is 11.8. The van der Waals surface area contributed by atoms with Crippen LogP contribution < -0.4 is 20.3 Å². The molecule has 0 saturated carbocycles. The van der Waals surface area contributed by atoms with E-state index in [0.29, 0.717) is 39.9 Å². The van der Waals surface area contributed by atoms with Gasteiger partial charge >= 0.3 is 0 Å². The maximum Gasteiger partial charge on any atom is 0.283 e. The van der Waals surface area contributed by atoms with Crippen LogP contribution in [0.2, 0.25) is 0 Å². The summed E-state index contributed by atoms with van der Waals surface area (Å²) >= 11 is 1.19. The van der Waals surface area contributed by atoms with Gasteiger partial charge in [-0.3, -0.25) is 9.59 Å². The first-order valence-corrected chi connectivity index (χ1v) is 12.8. The summed E-state index contributed by atoms with van der Waals surface area (Å²) in [5.74, 6) is 1.11. The molecule has 0 radical (unpaired) electrons. The molecule has 0 atom stereocenters. The van der Waals surface area contributed by atoms with E-state index in [1.54, 1.807) is 31.4 Å². The third kappa shape index (κ3) is 4.90. The van der Waals surface area contributed by atoms with E-state index in [9.17, 15) is 9.59 Å². The van der Waals surface area contributed by atoms with Gasteiger partial charge in [-0.1, -0.05) is 36.0 Å². The van der Waals surface area contributed by atoms with Crippen molar-refractivity contribution in [2.45, 2.75) is 19.0 Å². The van der Waals surface area contributed by atoms with Crippen molar-refractivity contribution in [3.05, 3.63) is 82.6 Å². The second-order valence-corrected chi connectivity index (χ2v) is 9.34. The second kappa shape index (κ2) is 10.4. The van der Waals surface area contributed by atoms with Crippen LogP contribution in [0.25, 0.3) is 27.6 Å². The number of nitrogens with one attached hydrogen (secondary N) is 2. The smallest absolute Gasteiger partial charge is 0.283 e. The normalized spacial score (nSPS) is 11.1. The Balaban J connectivity index is 1.53. The molecule has 0 spiro atoms. The second-order valence-electron chi connectivity index (χ2n) is 8.40. The molecule has 5 rings (SSSR count). The summed E-state index contributed by atoms with van der Waals surface area (Å²) in [6, 6.07) is 20.4. The fraction of sp³-hybridized carbons (Fsp3) is 0.179. The lowest BCUT2D eigenvalue weighted by molar-refractivity contribution is -0.113. The summed E-state index contributed by atoms with van der Waals surface area (Å²) < 4.78 is 12.5. The SMILES string of the molecule is CCOc1ccc(NC(=O)CSc2nc3c([nH]c4ccccc43)c(=O)n2-c2cc(C)ccc2OC)cc1. The Morgan fingerprint density at radius 3 is 2.65 bits per heavy atom. The first kappa shape index (κ1) is 24.5. The molecule has 8 nitrogen and oxygen atoms in total. The largest absolute Gasteiger partial charge is 0.495 e. The van der Waals surface area contributed by atoms with Crippen molar-refractivity contribution in [2.24, 2.45) is 0 Å². The lowest BCUT2D eigenvalue weighted by Crippen LogP contribution is -2.23. The number of aromatic amines is 1. The molecule has 0 bridgehead atoms. The van der Waals surface area contributed by atoms with E-state index in [2.05, 4.69) is 10.3 Å². The van der Waals surface area contributed by atoms with Gasteiger partial charge in [0.2, 0.25) is 5.91 Å². The highest BCUT2D eigenvalue weighted by Gasteiger charge is 2.20. The minimum Gasteiger partial charge on any atom is -0.495 e. The molecule has 0 aliphatic heterocycles. The molecule has 37 heavy (non-hydrogen) atoms. The quantitative estimate of drug-likeness (QED) is 0.215. The van der Waals surface area contributed by atoms with Crippen molar-refractivity contribution in [1.29, 1.82) is 0 Å². The van der Waals surface area contributed by atoms with Crippen LogP contribution in [0.4, 0.5) is 5.69 Å². The van der Waals surface area contributed by atoms with E-state index < -0.39 is 0 Å². The minimum atomic E-state index is -0.264. The van der Waals surface area contributed by atoms with Crippen molar-refractivity contribution in [3.8, 4) is 17.2 Å². The molecule has 2 aromatic heterocycles. The third-order valence-electron chi connectivity index (χ3n) is 5.85. The van der Waals surface area contributed by atoms with E-state index in [0.717, 1.165) is 22.2 Å². The van der Waals surface area contributed by atoms with Crippen molar-refractivity contribution >= 4 is 45.3 Å². The molecule has 3 aromatic carbocycles. The Morgan fingerprint density at radius 1 is 1.11 bits per heavy atom. The summed E-state index contributed by atoms with van der Waals surface area (Å²) in [6.07, 6.45) is 0.